The summed E-state index contributed by atoms with van der Waals surface area (Å²) in [5.74, 6) is -1.18. The zero-order chi connectivity index (χ0) is 8.85. The fraction of sp³-hybridized carbons (Fsp3) is 0.375. The van der Waals surface area contributed by atoms with E-state index in [0.717, 1.165) is 0 Å². The fourth-order valence-corrected chi connectivity index (χ4v) is 0.648. The Morgan fingerprint density at radius 2 is 2.00 bits per heavy atom. The Hall–Kier alpha value is -1.25. The second-order valence-corrected chi connectivity index (χ2v) is 2.02. The van der Waals surface area contributed by atoms with Crippen LogP contribution in [-0.4, -0.2) is 16.2 Å². The molecule has 0 aliphatic carbocycles. The molecule has 0 saturated heterocycles. The van der Waals surface area contributed by atoms with Gasteiger partial charge < -0.3 is 10.2 Å². The summed E-state index contributed by atoms with van der Waals surface area (Å²) in [5.41, 5.74) is -0.0324. The maximum absolute atomic E-state index is 10.4. The van der Waals surface area contributed by atoms with Crippen LogP contribution in [0, 0.1) is 0 Å². The van der Waals surface area contributed by atoms with Gasteiger partial charge in [-0.25, -0.2) is 4.79 Å². The molecule has 0 amide bonds. The highest BCUT2D eigenvalue weighted by Crippen LogP contribution is 2.06. The molecule has 0 aliphatic heterocycles. The Kier molecular flexibility index (Phi) is 4.03. The maximum atomic E-state index is 10.4. The molecule has 0 radical (unpaired) electrons. The predicted octanol–water partition coefficient (Wildman–Crippen LogP) is 1.87. The molecule has 0 saturated carbocycles. The SMILES string of the molecule is C/C=C\C(C(=O)O)=C(\O)CC. The summed E-state index contributed by atoms with van der Waals surface area (Å²) < 4.78 is 0. The Bertz CT molecular complexity index is 201. The van der Waals surface area contributed by atoms with Crippen LogP contribution in [0.4, 0.5) is 0 Å². The molecule has 0 bridgehead atoms. The highest BCUT2D eigenvalue weighted by atomic mass is 16.4. The highest BCUT2D eigenvalue weighted by molar-refractivity contribution is 5.90. The number of carbonyl (C=O) groups is 1. The van der Waals surface area contributed by atoms with Crippen molar-refractivity contribution in [2.24, 2.45) is 0 Å². The molecule has 0 aromatic carbocycles. The summed E-state index contributed by atoms with van der Waals surface area (Å²) in [6, 6.07) is 0. The second-order valence-electron chi connectivity index (χ2n) is 2.02. The number of allylic oxidation sites excluding steroid dienone is 2. The van der Waals surface area contributed by atoms with Crippen molar-refractivity contribution in [2.45, 2.75) is 20.3 Å². The monoisotopic (exact) mass is 156 g/mol. The van der Waals surface area contributed by atoms with E-state index in [1.54, 1.807) is 19.9 Å². The molecule has 0 unspecified atom stereocenters. The Morgan fingerprint density at radius 1 is 1.45 bits per heavy atom. The van der Waals surface area contributed by atoms with Crippen LogP contribution in [0.25, 0.3) is 0 Å². The predicted molar refractivity (Wildman–Crippen MR) is 42.4 cm³/mol. The first-order chi connectivity index (χ1) is 5.13. The number of aliphatic hydroxyl groups excluding tert-OH is 1. The van der Waals surface area contributed by atoms with E-state index in [2.05, 4.69) is 0 Å². The smallest absolute Gasteiger partial charge is 0.339 e. The van der Waals surface area contributed by atoms with Crippen LogP contribution in [0.3, 0.4) is 0 Å². The molecule has 0 aromatic rings. The maximum Gasteiger partial charge on any atom is 0.339 e. The number of aliphatic carboxylic acids is 1. The summed E-state index contributed by atoms with van der Waals surface area (Å²) in [4.78, 5) is 10.4. The molecular formula is C8H12O3. The van der Waals surface area contributed by atoms with E-state index >= 15 is 0 Å². The minimum atomic E-state index is -1.09. The molecule has 11 heavy (non-hydrogen) atoms. The van der Waals surface area contributed by atoms with Crippen molar-refractivity contribution in [1.29, 1.82) is 0 Å². The number of hydrogen-bond acceptors (Lipinski definition) is 2. The fourth-order valence-electron chi connectivity index (χ4n) is 0.648. The zero-order valence-electron chi connectivity index (χ0n) is 6.66. The summed E-state index contributed by atoms with van der Waals surface area (Å²) in [7, 11) is 0. The third kappa shape index (κ3) is 2.89. The Labute approximate surface area is 65.7 Å². The van der Waals surface area contributed by atoms with Crippen molar-refractivity contribution >= 4 is 5.97 Å². The van der Waals surface area contributed by atoms with Gasteiger partial charge in [-0.15, -0.1) is 0 Å². The Balaban J connectivity index is 4.72. The van der Waals surface area contributed by atoms with Crippen molar-refractivity contribution < 1.29 is 15.0 Å². The van der Waals surface area contributed by atoms with E-state index in [9.17, 15) is 4.79 Å². The minimum absolute atomic E-state index is 0.0324. The normalized spacial score (nSPS) is 13.3. The molecule has 3 nitrogen and oxygen atoms in total. The minimum Gasteiger partial charge on any atom is -0.511 e. The number of aliphatic hydroxyl groups is 1. The van der Waals surface area contributed by atoms with Crippen molar-refractivity contribution in [3.05, 3.63) is 23.5 Å². The van der Waals surface area contributed by atoms with E-state index in [1.165, 1.54) is 6.08 Å². The number of rotatable bonds is 3. The van der Waals surface area contributed by atoms with Gasteiger partial charge in [0.25, 0.3) is 0 Å². The molecule has 62 valence electrons. The van der Waals surface area contributed by atoms with E-state index in [4.69, 9.17) is 10.2 Å². The van der Waals surface area contributed by atoms with Crippen molar-refractivity contribution in [2.75, 3.05) is 0 Å². The first-order valence-corrected chi connectivity index (χ1v) is 3.41. The van der Waals surface area contributed by atoms with Gasteiger partial charge in [-0.05, 0) is 13.0 Å². The summed E-state index contributed by atoms with van der Waals surface area (Å²) in [6.45, 7) is 3.40. The summed E-state index contributed by atoms with van der Waals surface area (Å²) >= 11 is 0. The van der Waals surface area contributed by atoms with Crippen LogP contribution in [0.15, 0.2) is 23.5 Å². The van der Waals surface area contributed by atoms with Gasteiger partial charge in [-0.3, -0.25) is 0 Å². The van der Waals surface area contributed by atoms with Gasteiger partial charge in [0.15, 0.2) is 0 Å². The van der Waals surface area contributed by atoms with Crippen LogP contribution >= 0.6 is 0 Å². The summed E-state index contributed by atoms with van der Waals surface area (Å²) in [6.07, 6.45) is 3.29. The van der Waals surface area contributed by atoms with Gasteiger partial charge in [0.1, 0.15) is 5.76 Å². The lowest BCUT2D eigenvalue weighted by molar-refractivity contribution is -0.132. The van der Waals surface area contributed by atoms with Crippen LogP contribution in [0.5, 0.6) is 0 Å². The molecule has 2 N–H and O–H groups in total. The molecule has 0 fully saturated rings. The third-order valence-corrected chi connectivity index (χ3v) is 1.21. The van der Waals surface area contributed by atoms with Gasteiger partial charge >= 0.3 is 5.97 Å². The van der Waals surface area contributed by atoms with Crippen LogP contribution in [0.1, 0.15) is 20.3 Å². The molecule has 0 atom stereocenters. The zero-order valence-corrected chi connectivity index (χ0v) is 6.66. The second kappa shape index (κ2) is 4.55. The first kappa shape index (κ1) is 9.75. The number of carboxylic acid groups (broad SMARTS) is 1. The van der Waals surface area contributed by atoms with E-state index in [0.29, 0.717) is 6.42 Å². The van der Waals surface area contributed by atoms with Crippen LogP contribution < -0.4 is 0 Å². The molecule has 0 heterocycles. The molecule has 0 aliphatic rings. The lowest BCUT2D eigenvalue weighted by Crippen LogP contribution is -2.01. The number of carboxylic acids is 1. The number of hydrogen-bond donors (Lipinski definition) is 2. The molecule has 0 spiro atoms. The summed E-state index contributed by atoms with van der Waals surface area (Å²) in [5, 5.41) is 17.6. The molecule has 3 heteroatoms. The van der Waals surface area contributed by atoms with Crippen molar-refractivity contribution in [3.8, 4) is 0 Å². The molecule has 0 aromatic heterocycles. The van der Waals surface area contributed by atoms with Crippen molar-refractivity contribution in [1.82, 2.24) is 0 Å². The van der Waals surface area contributed by atoms with Crippen LogP contribution in [0.2, 0.25) is 0 Å². The van der Waals surface area contributed by atoms with Crippen LogP contribution in [-0.2, 0) is 4.79 Å². The largest absolute Gasteiger partial charge is 0.511 e. The Morgan fingerprint density at radius 3 is 2.27 bits per heavy atom. The standard InChI is InChI=1S/C8H12O3/c1-3-5-6(8(10)11)7(9)4-2/h3,5,9H,4H2,1-2H3,(H,10,11)/b5-3-,7-6-. The lowest BCUT2D eigenvalue weighted by atomic mass is 10.2. The van der Waals surface area contributed by atoms with Gasteiger partial charge in [-0.1, -0.05) is 13.0 Å². The quantitative estimate of drug-likeness (QED) is 0.372. The van der Waals surface area contributed by atoms with Gasteiger partial charge in [0, 0.05) is 6.42 Å². The third-order valence-electron chi connectivity index (χ3n) is 1.21. The first-order valence-electron chi connectivity index (χ1n) is 3.41. The topological polar surface area (TPSA) is 57.5 Å². The van der Waals surface area contributed by atoms with Crippen molar-refractivity contribution in [3.63, 3.8) is 0 Å². The average molecular weight is 156 g/mol. The van der Waals surface area contributed by atoms with Gasteiger partial charge in [-0.2, -0.15) is 0 Å². The van der Waals surface area contributed by atoms with E-state index in [1.807, 2.05) is 0 Å². The van der Waals surface area contributed by atoms with Gasteiger partial charge in [0.05, 0.1) is 5.57 Å². The van der Waals surface area contributed by atoms with E-state index < -0.39 is 5.97 Å². The highest BCUT2D eigenvalue weighted by Gasteiger charge is 2.07. The van der Waals surface area contributed by atoms with Gasteiger partial charge in [0.2, 0.25) is 0 Å². The lowest BCUT2D eigenvalue weighted by Gasteiger charge is -1.98. The van der Waals surface area contributed by atoms with E-state index in [-0.39, 0.29) is 11.3 Å². The molecule has 0 rings (SSSR count). The average Bonchev–Trinajstić information content (AvgIpc) is 1.98. The molecular weight excluding hydrogens is 144 g/mol.